The van der Waals surface area contributed by atoms with Crippen LogP contribution in [0.2, 0.25) is 0 Å². The van der Waals surface area contributed by atoms with E-state index in [2.05, 4.69) is 32.2 Å². The Bertz CT molecular complexity index is 2400. The normalized spacial score (nSPS) is 16.6. The summed E-state index contributed by atoms with van der Waals surface area (Å²) in [6.45, 7) is 23.6. The molecule has 0 bridgehead atoms. The number of rotatable bonds is 23. The van der Waals surface area contributed by atoms with Gasteiger partial charge in [-0.3, -0.25) is 4.79 Å². The first-order valence-corrected chi connectivity index (χ1v) is 23.1. The van der Waals surface area contributed by atoms with Crippen LogP contribution in [0.4, 0.5) is 17.6 Å². The van der Waals surface area contributed by atoms with E-state index in [0.717, 1.165) is 27.0 Å². The number of oxime groups is 1. The van der Waals surface area contributed by atoms with Crippen LogP contribution in [0.25, 0.3) is 29.1 Å². The van der Waals surface area contributed by atoms with E-state index in [1.54, 1.807) is 56.3 Å². The van der Waals surface area contributed by atoms with Crippen molar-refractivity contribution in [3.05, 3.63) is 118 Å². The first-order valence-electron chi connectivity index (χ1n) is 23.1. The topological polar surface area (TPSA) is 97.6 Å². The van der Waals surface area contributed by atoms with Crippen molar-refractivity contribution in [2.75, 3.05) is 19.8 Å². The van der Waals surface area contributed by atoms with E-state index >= 15 is 0 Å². The highest BCUT2D eigenvalue weighted by molar-refractivity contribution is 6.14. The fraction of sp³-hybridized carbons (Fsp3) is 0.463. The lowest BCUT2D eigenvalue weighted by atomic mass is 9.90. The molecule has 13 heteroatoms. The van der Waals surface area contributed by atoms with Gasteiger partial charge in [0.05, 0.1) is 17.8 Å². The van der Waals surface area contributed by atoms with Gasteiger partial charge in [-0.05, 0) is 99.4 Å². The third kappa shape index (κ3) is 15.8. The number of unbranched alkanes of at least 4 members (excludes halogenated alkanes) is 5. The largest absolute Gasteiger partial charge is 0.491 e. The highest BCUT2D eigenvalue weighted by Gasteiger charge is 2.42. The molecule has 0 aliphatic carbocycles. The van der Waals surface area contributed by atoms with Gasteiger partial charge in [-0.15, -0.1) is 0 Å². The summed E-state index contributed by atoms with van der Waals surface area (Å²) in [5.41, 5.74) is 4.23. The summed E-state index contributed by atoms with van der Waals surface area (Å²) in [5, 5.41) is 6.52. The Morgan fingerprint density at radius 3 is 2.21 bits per heavy atom. The molecule has 2 atom stereocenters. The number of fused-ring (bicyclic) bond motifs is 1. The maximum Gasteiger partial charge on any atom is 0.340 e. The summed E-state index contributed by atoms with van der Waals surface area (Å²) >= 11 is 0. The number of ketones is 1. The maximum absolute atomic E-state index is 14.4. The van der Waals surface area contributed by atoms with E-state index in [1.165, 1.54) is 63.7 Å². The van der Waals surface area contributed by atoms with Crippen molar-refractivity contribution < 1.29 is 50.9 Å². The summed E-state index contributed by atoms with van der Waals surface area (Å²) in [6, 6.07) is 8.77. The van der Waals surface area contributed by atoms with Crippen LogP contribution in [0.5, 0.6) is 5.75 Å². The fourth-order valence-electron chi connectivity index (χ4n) is 7.61. The smallest absolute Gasteiger partial charge is 0.340 e. The number of ether oxygens (including phenoxy) is 4. The average molecular weight is 935 g/mol. The summed E-state index contributed by atoms with van der Waals surface area (Å²) in [4.78, 5) is 31.4. The quantitative estimate of drug-likeness (QED) is 0.0136. The number of nitrogens with zero attached hydrogens (tertiary/aromatic N) is 2. The van der Waals surface area contributed by atoms with Gasteiger partial charge in [-0.2, -0.15) is 8.78 Å². The molecule has 9 nitrogen and oxygen atoms in total. The van der Waals surface area contributed by atoms with Crippen molar-refractivity contribution in [2.24, 2.45) is 18.1 Å². The van der Waals surface area contributed by atoms with Gasteiger partial charge in [0.25, 0.3) is 0 Å². The van der Waals surface area contributed by atoms with Crippen molar-refractivity contribution in [2.45, 2.75) is 131 Å². The van der Waals surface area contributed by atoms with Gasteiger partial charge in [0.15, 0.2) is 18.2 Å². The van der Waals surface area contributed by atoms with Gasteiger partial charge in [0, 0.05) is 47.0 Å². The van der Waals surface area contributed by atoms with Crippen molar-refractivity contribution >= 4 is 46.6 Å². The molecule has 0 spiro atoms. The van der Waals surface area contributed by atoms with Crippen molar-refractivity contribution in [3.63, 3.8) is 0 Å². The van der Waals surface area contributed by atoms with Crippen molar-refractivity contribution in [1.29, 1.82) is 0 Å². The summed E-state index contributed by atoms with van der Waals surface area (Å²) in [7, 11) is 1.94. The minimum absolute atomic E-state index is 0.149. The van der Waals surface area contributed by atoms with E-state index in [0.29, 0.717) is 47.6 Å². The van der Waals surface area contributed by atoms with Gasteiger partial charge in [-0.25, -0.2) is 13.6 Å². The van der Waals surface area contributed by atoms with Gasteiger partial charge in [0.1, 0.15) is 24.2 Å². The molecular formula is C54H70F4N2O7. The summed E-state index contributed by atoms with van der Waals surface area (Å²) in [6.07, 6.45) is 17.6. The number of hydrogen-bond acceptors (Lipinski definition) is 8. The second-order valence-corrected chi connectivity index (χ2v) is 16.7. The van der Waals surface area contributed by atoms with E-state index in [4.69, 9.17) is 23.8 Å². The van der Waals surface area contributed by atoms with E-state index in [-0.39, 0.29) is 23.4 Å². The highest BCUT2D eigenvalue weighted by Crippen LogP contribution is 2.30. The van der Waals surface area contributed by atoms with Gasteiger partial charge >= 0.3 is 18.3 Å². The van der Waals surface area contributed by atoms with E-state index < -0.39 is 36.6 Å². The molecule has 3 aromatic rings. The Hall–Kier alpha value is -5.53. The molecule has 2 unspecified atom stereocenters. The number of allylic oxidation sites excluding steroid dienone is 6. The van der Waals surface area contributed by atoms with Crippen LogP contribution in [0.15, 0.2) is 90.4 Å². The molecule has 1 aliphatic rings. The molecule has 2 aromatic carbocycles. The lowest BCUT2D eigenvalue weighted by Gasteiger charge is -2.17. The number of carbonyl (C=O) groups is 2. The molecule has 0 radical (unpaired) electrons. The molecule has 0 saturated carbocycles. The minimum atomic E-state index is -4.37. The van der Waals surface area contributed by atoms with E-state index in [1.807, 2.05) is 57.5 Å². The Labute approximate surface area is 394 Å². The first-order chi connectivity index (χ1) is 31.8. The summed E-state index contributed by atoms with van der Waals surface area (Å²) < 4.78 is 77.4. The molecule has 1 saturated heterocycles. The number of hydrogen-bond donors (Lipinski definition) is 0. The van der Waals surface area contributed by atoms with Crippen molar-refractivity contribution in [1.82, 2.24) is 4.57 Å². The monoisotopic (exact) mass is 935 g/mol. The highest BCUT2D eigenvalue weighted by atomic mass is 19.3. The number of halogens is 4. The van der Waals surface area contributed by atoms with Crippen LogP contribution in [0.3, 0.4) is 0 Å². The Morgan fingerprint density at radius 1 is 1.04 bits per heavy atom. The minimum Gasteiger partial charge on any atom is -0.491 e. The molecule has 2 heterocycles. The van der Waals surface area contributed by atoms with Crippen LogP contribution in [-0.4, -0.2) is 66.1 Å². The molecule has 1 aromatic heterocycles. The molecule has 1 fully saturated rings. The van der Waals surface area contributed by atoms with Crippen LogP contribution >= 0.6 is 0 Å². The number of alkyl halides is 4. The SMILES string of the molecule is C=C/C=C(\C=C/C(C)C(=N/OC(C)=O)/C(/C=c1\c(=C/C)n(C)c2c(CC)c(C=C)c(C(=O)c3ccc(OCC4COC(C)(C)O4)cc3)cc12)=C/C)OCC(F)(F)C(F)F.CCCCCCCC. The fourth-order valence-corrected chi connectivity index (χ4v) is 7.61. The molecular weight excluding hydrogens is 865 g/mol. The predicted octanol–water partition coefficient (Wildman–Crippen LogP) is 12.1. The third-order valence-corrected chi connectivity index (χ3v) is 11.1. The lowest BCUT2D eigenvalue weighted by Crippen LogP contribution is -2.32. The zero-order chi connectivity index (χ0) is 49.9. The first kappa shape index (κ1) is 55.8. The molecule has 4 rings (SSSR count). The van der Waals surface area contributed by atoms with Crippen LogP contribution in [0.1, 0.15) is 128 Å². The van der Waals surface area contributed by atoms with Crippen LogP contribution in [0, 0.1) is 5.92 Å². The Kier molecular flexibility index (Phi) is 22.2. The second kappa shape index (κ2) is 26.7. The predicted molar refractivity (Wildman–Crippen MR) is 262 cm³/mol. The van der Waals surface area contributed by atoms with Gasteiger partial charge in [0.2, 0.25) is 0 Å². The van der Waals surface area contributed by atoms with Gasteiger partial charge in [-0.1, -0.05) is 115 Å². The Morgan fingerprint density at radius 2 is 1.70 bits per heavy atom. The number of aryl methyl sites for hydroxylation is 2. The van der Waals surface area contributed by atoms with Crippen LogP contribution in [-0.2, 0) is 37.3 Å². The van der Waals surface area contributed by atoms with Crippen molar-refractivity contribution in [3.8, 4) is 5.75 Å². The second-order valence-electron chi connectivity index (χ2n) is 16.7. The molecule has 1 aliphatic heterocycles. The van der Waals surface area contributed by atoms with Gasteiger partial charge < -0.3 is 28.4 Å². The molecule has 0 N–H and O–H groups in total. The van der Waals surface area contributed by atoms with Crippen LogP contribution < -0.4 is 15.3 Å². The number of carbonyl (C=O) groups excluding carboxylic acids is 2. The standard InChI is InChI=1S/C46H52F4N2O7.C8H18/c1-11-16-32(56-27-46(49,50)44(47)48)20-17-28(6)41(51-59-29(7)53)30(12-2)23-37-38-24-39(35(13-3)36(14-4)42(38)52(10)40(37)15-5)43(54)31-18-21-33(22-19-31)55-25-34-26-57-45(8,9)58-34;1-3-5-7-8-6-4-2/h11-13,15-24,28,34,44H,1,3,14,25-27H2,2,4-10H3;3-8H2,1-2H3/b20-17-,30-12+,32-16+,37-23-,40-15+,51-41-;. The number of aromatic nitrogens is 1. The number of benzene rings is 2. The zero-order valence-electron chi connectivity index (χ0n) is 41.0. The summed E-state index contributed by atoms with van der Waals surface area (Å²) in [5.74, 6) is -6.14. The Balaban J connectivity index is 0.00000136. The molecule has 0 amide bonds. The third-order valence-electron chi connectivity index (χ3n) is 11.1. The lowest BCUT2D eigenvalue weighted by molar-refractivity contribution is -0.156. The molecule has 67 heavy (non-hydrogen) atoms. The van der Waals surface area contributed by atoms with E-state index in [9.17, 15) is 27.2 Å². The zero-order valence-corrected chi connectivity index (χ0v) is 41.0. The molecule has 366 valence electrons. The maximum atomic E-state index is 14.4. The average Bonchev–Trinajstić information content (AvgIpc) is 3.79.